The molecule has 1 aromatic rings. The fourth-order valence-corrected chi connectivity index (χ4v) is 1.69. The minimum atomic E-state index is -1.10. The summed E-state index contributed by atoms with van der Waals surface area (Å²) < 4.78 is 0. The summed E-state index contributed by atoms with van der Waals surface area (Å²) in [6, 6.07) is -0.957. The van der Waals surface area contributed by atoms with Gasteiger partial charge in [0.1, 0.15) is 6.04 Å². The van der Waals surface area contributed by atoms with Gasteiger partial charge in [0.25, 0.3) is 5.91 Å². The maximum atomic E-state index is 11.8. The summed E-state index contributed by atoms with van der Waals surface area (Å²) in [4.78, 5) is 30.5. The third-order valence-corrected chi connectivity index (χ3v) is 2.97. The predicted octanol–water partition coefficient (Wildman–Crippen LogP) is 1.44. The van der Waals surface area contributed by atoms with Gasteiger partial charge in [-0.15, -0.1) is 0 Å². The fourth-order valence-electron chi connectivity index (χ4n) is 1.17. The second-order valence-electron chi connectivity index (χ2n) is 3.33. The summed E-state index contributed by atoms with van der Waals surface area (Å²) in [6.45, 7) is 1.66. The van der Waals surface area contributed by atoms with Crippen molar-refractivity contribution in [3.05, 3.63) is 16.9 Å². The smallest absolute Gasteiger partial charge is 0.326 e. The number of aromatic nitrogens is 2. The summed E-state index contributed by atoms with van der Waals surface area (Å²) in [5.41, 5.74) is -0.0179. The molecule has 0 aliphatic carbocycles. The lowest BCUT2D eigenvalue weighted by atomic mass is 10.2. The molecule has 0 aliphatic rings. The van der Waals surface area contributed by atoms with Gasteiger partial charge in [0.15, 0.2) is 10.9 Å². The summed E-state index contributed by atoms with van der Waals surface area (Å²) >= 11 is 7.07. The lowest BCUT2D eigenvalue weighted by molar-refractivity contribution is -0.139. The van der Waals surface area contributed by atoms with Crippen LogP contribution in [0.15, 0.2) is 11.4 Å². The van der Waals surface area contributed by atoms with Crippen LogP contribution in [0.5, 0.6) is 0 Å². The first-order valence-electron chi connectivity index (χ1n) is 5.09. The molecular formula is C10H12ClN3O3S. The minimum absolute atomic E-state index is 0.0179. The van der Waals surface area contributed by atoms with Crippen molar-refractivity contribution in [1.29, 1.82) is 0 Å². The molecule has 0 radical (unpaired) electrons. The zero-order chi connectivity index (χ0) is 13.7. The van der Waals surface area contributed by atoms with E-state index in [0.29, 0.717) is 5.16 Å². The highest BCUT2D eigenvalue weighted by molar-refractivity contribution is 7.98. The Morgan fingerprint density at radius 3 is 2.78 bits per heavy atom. The Labute approximate surface area is 113 Å². The van der Waals surface area contributed by atoms with Crippen LogP contribution >= 0.6 is 23.4 Å². The number of thioether (sulfide) groups is 1. The number of hydrogen-bond donors (Lipinski definition) is 2. The molecule has 0 spiro atoms. The van der Waals surface area contributed by atoms with Crippen molar-refractivity contribution in [2.24, 2.45) is 0 Å². The molecule has 2 N–H and O–H groups in total. The first kappa shape index (κ1) is 14.7. The van der Waals surface area contributed by atoms with Crippen LogP contribution in [0.1, 0.15) is 23.8 Å². The number of rotatable bonds is 5. The van der Waals surface area contributed by atoms with Gasteiger partial charge in [0.05, 0.1) is 11.2 Å². The van der Waals surface area contributed by atoms with E-state index in [1.807, 2.05) is 0 Å². The van der Waals surface area contributed by atoms with E-state index in [1.165, 1.54) is 18.0 Å². The highest BCUT2D eigenvalue weighted by atomic mass is 35.5. The van der Waals surface area contributed by atoms with E-state index in [2.05, 4.69) is 15.3 Å². The standard InChI is InChI=1S/C10H12ClN3O3S/c1-3-6(9(16)17)13-8(15)7-5(11)4-12-10(14-7)18-2/h4,6H,3H2,1-2H3,(H,13,15)(H,16,17)/t6-/m0/s1. The summed E-state index contributed by atoms with van der Waals surface area (Å²) in [6.07, 6.45) is 3.35. The summed E-state index contributed by atoms with van der Waals surface area (Å²) in [5, 5.41) is 11.7. The molecule has 0 aliphatic heterocycles. The lowest BCUT2D eigenvalue weighted by Gasteiger charge is -2.12. The molecule has 1 rings (SSSR count). The van der Waals surface area contributed by atoms with Crippen molar-refractivity contribution < 1.29 is 14.7 Å². The Bertz CT molecular complexity index is 470. The molecule has 1 atom stereocenters. The molecule has 1 aromatic heterocycles. The minimum Gasteiger partial charge on any atom is -0.480 e. The largest absolute Gasteiger partial charge is 0.480 e. The molecule has 0 bridgehead atoms. The van der Waals surface area contributed by atoms with Crippen molar-refractivity contribution in [2.75, 3.05) is 6.26 Å². The molecule has 6 nitrogen and oxygen atoms in total. The van der Waals surface area contributed by atoms with E-state index in [-0.39, 0.29) is 17.1 Å². The Morgan fingerprint density at radius 1 is 1.61 bits per heavy atom. The van der Waals surface area contributed by atoms with Crippen molar-refractivity contribution in [3.8, 4) is 0 Å². The molecule has 98 valence electrons. The third-order valence-electron chi connectivity index (χ3n) is 2.13. The molecular weight excluding hydrogens is 278 g/mol. The van der Waals surface area contributed by atoms with Crippen LogP contribution < -0.4 is 5.32 Å². The maximum Gasteiger partial charge on any atom is 0.326 e. The van der Waals surface area contributed by atoms with E-state index in [9.17, 15) is 9.59 Å². The first-order chi connectivity index (χ1) is 8.49. The maximum absolute atomic E-state index is 11.8. The molecule has 0 saturated carbocycles. The Morgan fingerprint density at radius 2 is 2.28 bits per heavy atom. The van der Waals surface area contributed by atoms with Crippen LogP contribution in [0.2, 0.25) is 5.02 Å². The molecule has 1 heterocycles. The molecule has 0 unspecified atom stereocenters. The fraction of sp³-hybridized carbons (Fsp3) is 0.400. The van der Waals surface area contributed by atoms with Gasteiger partial charge in [0, 0.05) is 0 Å². The number of carboxylic acids is 1. The number of aliphatic carboxylic acids is 1. The normalized spacial score (nSPS) is 11.9. The lowest BCUT2D eigenvalue weighted by Crippen LogP contribution is -2.40. The first-order valence-corrected chi connectivity index (χ1v) is 6.70. The molecule has 18 heavy (non-hydrogen) atoms. The van der Waals surface area contributed by atoms with Gasteiger partial charge in [-0.3, -0.25) is 4.79 Å². The molecule has 0 aromatic carbocycles. The van der Waals surface area contributed by atoms with Crippen LogP contribution in [0.4, 0.5) is 0 Å². The summed E-state index contributed by atoms with van der Waals surface area (Å²) in [5.74, 6) is -1.71. The van der Waals surface area contributed by atoms with Crippen LogP contribution in [0, 0.1) is 0 Å². The second-order valence-corrected chi connectivity index (χ2v) is 4.51. The third kappa shape index (κ3) is 3.58. The van der Waals surface area contributed by atoms with Crippen LogP contribution in [-0.2, 0) is 4.79 Å². The monoisotopic (exact) mass is 289 g/mol. The van der Waals surface area contributed by atoms with E-state index >= 15 is 0 Å². The number of carbonyl (C=O) groups excluding carboxylic acids is 1. The van der Waals surface area contributed by atoms with Crippen molar-refractivity contribution in [3.63, 3.8) is 0 Å². The van der Waals surface area contributed by atoms with Gasteiger partial charge in [-0.2, -0.15) is 0 Å². The van der Waals surface area contributed by atoms with Crippen LogP contribution in [-0.4, -0.2) is 39.2 Å². The highest BCUT2D eigenvalue weighted by Crippen LogP contribution is 2.16. The molecule has 0 fully saturated rings. The highest BCUT2D eigenvalue weighted by Gasteiger charge is 2.21. The summed E-state index contributed by atoms with van der Waals surface area (Å²) in [7, 11) is 0. The number of nitrogens with one attached hydrogen (secondary N) is 1. The van der Waals surface area contributed by atoms with Gasteiger partial charge < -0.3 is 10.4 Å². The molecule has 0 saturated heterocycles. The topological polar surface area (TPSA) is 92.2 Å². The van der Waals surface area contributed by atoms with Gasteiger partial charge in [0.2, 0.25) is 0 Å². The van der Waals surface area contributed by atoms with Crippen LogP contribution in [0.25, 0.3) is 0 Å². The quantitative estimate of drug-likeness (QED) is 0.629. The average molecular weight is 290 g/mol. The Kier molecular flexibility index (Phi) is 5.36. The van der Waals surface area contributed by atoms with Crippen molar-refractivity contribution in [1.82, 2.24) is 15.3 Å². The van der Waals surface area contributed by atoms with Gasteiger partial charge in [-0.25, -0.2) is 14.8 Å². The van der Waals surface area contributed by atoms with E-state index in [4.69, 9.17) is 16.7 Å². The zero-order valence-corrected chi connectivity index (χ0v) is 11.4. The number of hydrogen-bond acceptors (Lipinski definition) is 5. The number of amides is 1. The predicted molar refractivity (Wildman–Crippen MR) is 68.0 cm³/mol. The van der Waals surface area contributed by atoms with Gasteiger partial charge in [-0.05, 0) is 12.7 Å². The zero-order valence-electron chi connectivity index (χ0n) is 9.81. The second kappa shape index (κ2) is 6.55. The number of nitrogens with zero attached hydrogens (tertiary/aromatic N) is 2. The number of carboxylic acid groups (broad SMARTS) is 1. The Balaban J connectivity index is 2.93. The Hall–Kier alpha value is -1.34. The van der Waals surface area contributed by atoms with Gasteiger partial charge in [-0.1, -0.05) is 30.3 Å². The SMILES string of the molecule is CC[C@H](NC(=O)c1nc(SC)ncc1Cl)C(=O)O. The molecule has 1 amide bonds. The van der Waals surface area contributed by atoms with E-state index in [0.717, 1.165) is 0 Å². The van der Waals surface area contributed by atoms with Crippen molar-refractivity contribution >= 4 is 35.2 Å². The number of carbonyl (C=O) groups is 2. The molecule has 8 heteroatoms. The average Bonchev–Trinajstić information content (AvgIpc) is 2.35. The van der Waals surface area contributed by atoms with Crippen molar-refractivity contribution in [2.45, 2.75) is 24.5 Å². The van der Waals surface area contributed by atoms with Crippen LogP contribution in [0.3, 0.4) is 0 Å². The number of halogens is 1. The van der Waals surface area contributed by atoms with E-state index < -0.39 is 17.9 Å². The van der Waals surface area contributed by atoms with E-state index in [1.54, 1.807) is 13.2 Å². The van der Waals surface area contributed by atoms with Gasteiger partial charge >= 0.3 is 5.97 Å².